The third kappa shape index (κ3) is 3.22. The number of rotatable bonds is 4. The maximum Gasteiger partial charge on any atom is 0.120 e. The summed E-state index contributed by atoms with van der Waals surface area (Å²) >= 11 is 0. The van der Waals surface area contributed by atoms with Gasteiger partial charge in [0.2, 0.25) is 0 Å². The molecule has 0 spiro atoms. The molecular weight excluding hydrogens is 190 g/mol. The molecule has 4 N–H and O–H groups in total. The third-order valence-corrected chi connectivity index (χ3v) is 2.42. The first-order valence-corrected chi connectivity index (χ1v) is 5.24. The maximum atomic E-state index is 9.83. The Kier molecular flexibility index (Phi) is 4.12. The van der Waals surface area contributed by atoms with Gasteiger partial charge < -0.3 is 15.9 Å². The van der Waals surface area contributed by atoms with Crippen molar-refractivity contribution in [1.82, 2.24) is 0 Å². The highest BCUT2D eigenvalue weighted by molar-refractivity contribution is 5.34. The van der Waals surface area contributed by atoms with Gasteiger partial charge in [-0.1, -0.05) is 32.0 Å². The fourth-order valence-corrected chi connectivity index (χ4v) is 1.61. The van der Waals surface area contributed by atoms with Crippen molar-refractivity contribution in [2.24, 2.45) is 11.7 Å². The Hall–Kier alpha value is -1.06. The van der Waals surface area contributed by atoms with Crippen LogP contribution in [-0.4, -0.2) is 16.3 Å². The van der Waals surface area contributed by atoms with E-state index in [1.54, 1.807) is 24.3 Å². The highest BCUT2D eigenvalue weighted by Gasteiger charge is 2.20. The quantitative estimate of drug-likeness (QED) is 0.708. The van der Waals surface area contributed by atoms with E-state index < -0.39 is 12.1 Å². The van der Waals surface area contributed by atoms with Crippen LogP contribution in [0.3, 0.4) is 0 Å². The molecule has 0 aromatic heterocycles. The number of hydrogen-bond acceptors (Lipinski definition) is 3. The van der Waals surface area contributed by atoms with Gasteiger partial charge in [0, 0.05) is 5.56 Å². The molecule has 0 fully saturated rings. The number of aliphatic hydroxyl groups is 1. The summed E-state index contributed by atoms with van der Waals surface area (Å²) in [6, 6.07) is 6.34. The van der Waals surface area contributed by atoms with Crippen molar-refractivity contribution in [2.75, 3.05) is 0 Å². The number of para-hydroxylation sites is 1. The summed E-state index contributed by atoms with van der Waals surface area (Å²) in [4.78, 5) is 0. The van der Waals surface area contributed by atoms with Gasteiger partial charge in [0.25, 0.3) is 0 Å². The molecule has 3 nitrogen and oxygen atoms in total. The van der Waals surface area contributed by atoms with Gasteiger partial charge in [0.05, 0.1) is 12.1 Å². The van der Waals surface area contributed by atoms with E-state index in [0.717, 1.165) is 0 Å². The van der Waals surface area contributed by atoms with Crippen LogP contribution < -0.4 is 5.73 Å². The number of aromatic hydroxyl groups is 1. The first kappa shape index (κ1) is 12.0. The fourth-order valence-electron chi connectivity index (χ4n) is 1.61. The van der Waals surface area contributed by atoms with E-state index in [0.29, 0.717) is 17.9 Å². The van der Waals surface area contributed by atoms with Gasteiger partial charge in [0.1, 0.15) is 5.75 Å². The molecular formula is C12H19NO2. The molecule has 0 aliphatic heterocycles. The summed E-state index contributed by atoms with van der Waals surface area (Å²) < 4.78 is 0. The van der Waals surface area contributed by atoms with Crippen molar-refractivity contribution < 1.29 is 10.2 Å². The molecule has 0 radical (unpaired) electrons. The maximum absolute atomic E-state index is 9.83. The van der Waals surface area contributed by atoms with Crippen LogP contribution in [0.4, 0.5) is 0 Å². The molecule has 0 amide bonds. The van der Waals surface area contributed by atoms with Crippen LogP contribution in [0.15, 0.2) is 24.3 Å². The normalized spacial score (nSPS) is 15.3. The highest BCUT2D eigenvalue weighted by atomic mass is 16.3. The first-order chi connectivity index (χ1) is 7.02. The average Bonchev–Trinajstić information content (AvgIpc) is 2.16. The summed E-state index contributed by atoms with van der Waals surface area (Å²) in [5, 5.41) is 19.4. The number of phenolic OH excluding ortho intramolecular Hbond substituents is 1. The van der Waals surface area contributed by atoms with Crippen LogP contribution in [0, 0.1) is 5.92 Å². The minimum Gasteiger partial charge on any atom is -0.508 e. The zero-order chi connectivity index (χ0) is 11.4. The van der Waals surface area contributed by atoms with Crippen LogP contribution in [0.2, 0.25) is 0 Å². The van der Waals surface area contributed by atoms with Gasteiger partial charge in [-0.15, -0.1) is 0 Å². The summed E-state index contributed by atoms with van der Waals surface area (Å²) in [6.07, 6.45) is 0.0217. The fraction of sp³-hybridized carbons (Fsp3) is 0.500. The van der Waals surface area contributed by atoms with Crippen molar-refractivity contribution in [3.63, 3.8) is 0 Å². The monoisotopic (exact) mass is 209 g/mol. The average molecular weight is 209 g/mol. The smallest absolute Gasteiger partial charge is 0.120 e. The van der Waals surface area contributed by atoms with Crippen LogP contribution in [0.25, 0.3) is 0 Å². The molecule has 0 aliphatic rings. The van der Waals surface area contributed by atoms with Crippen LogP contribution in [0.1, 0.15) is 31.9 Å². The number of nitrogens with two attached hydrogens (primary N) is 1. The van der Waals surface area contributed by atoms with E-state index in [2.05, 4.69) is 0 Å². The largest absolute Gasteiger partial charge is 0.508 e. The summed E-state index contributed by atoms with van der Waals surface area (Å²) in [6.45, 7) is 4.06. The summed E-state index contributed by atoms with van der Waals surface area (Å²) in [7, 11) is 0. The minimum atomic E-state index is -0.613. The van der Waals surface area contributed by atoms with Crippen molar-refractivity contribution in [1.29, 1.82) is 0 Å². The van der Waals surface area contributed by atoms with Crippen molar-refractivity contribution >= 4 is 0 Å². The molecule has 0 heterocycles. The Morgan fingerprint density at radius 3 is 2.40 bits per heavy atom. The van der Waals surface area contributed by atoms with Gasteiger partial charge in [-0.05, 0) is 18.4 Å². The Balaban J connectivity index is 2.76. The lowest BCUT2D eigenvalue weighted by Crippen LogP contribution is -2.27. The second-order valence-corrected chi connectivity index (χ2v) is 4.28. The second-order valence-electron chi connectivity index (χ2n) is 4.28. The van der Waals surface area contributed by atoms with Crippen molar-refractivity contribution in [3.8, 4) is 5.75 Å². The van der Waals surface area contributed by atoms with E-state index in [1.165, 1.54) is 0 Å². The van der Waals surface area contributed by atoms with E-state index >= 15 is 0 Å². The Labute approximate surface area is 90.5 Å². The van der Waals surface area contributed by atoms with Gasteiger partial charge in [-0.25, -0.2) is 0 Å². The number of aliphatic hydroxyl groups excluding tert-OH is 1. The molecule has 2 atom stereocenters. The standard InChI is InChI=1S/C12H19NO2/c1-8(2)7-11(15)12(13)9-5-3-4-6-10(9)14/h3-6,8,11-12,14-15H,7,13H2,1-2H3/t11-,12+/m0/s1. The lowest BCUT2D eigenvalue weighted by Gasteiger charge is -2.21. The molecule has 15 heavy (non-hydrogen) atoms. The topological polar surface area (TPSA) is 66.5 Å². The lowest BCUT2D eigenvalue weighted by atomic mass is 9.95. The minimum absolute atomic E-state index is 0.146. The molecule has 1 aromatic carbocycles. The summed E-state index contributed by atoms with van der Waals surface area (Å²) in [5.74, 6) is 0.532. The Bertz CT molecular complexity index is 312. The zero-order valence-corrected chi connectivity index (χ0v) is 9.22. The van der Waals surface area contributed by atoms with Gasteiger partial charge in [0.15, 0.2) is 0 Å². The lowest BCUT2D eigenvalue weighted by molar-refractivity contribution is 0.120. The second kappa shape index (κ2) is 5.14. The first-order valence-electron chi connectivity index (χ1n) is 5.24. The van der Waals surface area contributed by atoms with Crippen molar-refractivity contribution in [3.05, 3.63) is 29.8 Å². The van der Waals surface area contributed by atoms with E-state index in [4.69, 9.17) is 5.73 Å². The molecule has 1 rings (SSSR count). The highest BCUT2D eigenvalue weighted by Crippen LogP contribution is 2.26. The van der Waals surface area contributed by atoms with Gasteiger partial charge in [-0.2, -0.15) is 0 Å². The van der Waals surface area contributed by atoms with Crippen LogP contribution >= 0.6 is 0 Å². The number of benzene rings is 1. The molecule has 0 bridgehead atoms. The number of phenols is 1. The van der Waals surface area contributed by atoms with Crippen LogP contribution in [0.5, 0.6) is 5.75 Å². The van der Waals surface area contributed by atoms with E-state index in [9.17, 15) is 10.2 Å². The SMILES string of the molecule is CC(C)C[C@H](O)[C@H](N)c1ccccc1O. The zero-order valence-electron chi connectivity index (χ0n) is 9.22. The number of hydrogen-bond donors (Lipinski definition) is 3. The van der Waals surface area contributed by atoms with Crippen LogP contribution in [-0.2, 0) is 0 Å². The van der Waals surface area contributed by atoms with Gasteiger partial charge >= 0.3 is 0 Å². The van der Waals surface area contributed by atoms with Crippen molar-refractivity contribution in [2.45, 2.75) is 32.4 Å². The Morgan fingerprint density at radius 2 is 1.87 bits per heavy atom. The summed E-state index contributed by atoms with van der Waals surface area (Å²) in [5.41, 5.74) is 6.48. The molecule has 0 unspecified atom stereocenters. The molecule has 1 aromatic rings. The molecule has 84 valence electrons. The third-order valence-electron chi connectivity index (χ3n) is 2.42. The Morgan fingerprint density at radius 1 is 1.27 bits per heavy atom. The van der Waals surface area contributed by atoms with E-state index in [-0.39, 0.29) is 5.75 Å². The van der Waals surface area contributed by atoms with Gasteiger partial charge in [-0.3, -0.25) is 0 Å². The predicted octanol–water partition coefficient (Wildman–Crippen LogP) is 1.80. The molecule has 0 saturated heterocycles. The molecule has 0 saturated carbocycles. The predicted molar refractivity (Wildman–Crippen MR) is 60.5 cm³/mol. The van der Waals surface area contributed by atoms with E-state index in [1.807, 2.05) is 13.8 Å². The molecule has 3 heteroatoms. The molecule has 0 aliphatic carbocycles.